The van der Waals surface area contributed by atoms with Crippen LogP contribution in [0.3, 0.4) is 0 Å². The molecule has 0 spiro atoms. The number of hydrogen-bond donors (Lipinski definition) is 2. The van der Waals surface area contributed by atoms with E-state index >= 15 is 0 Å². The van der Waals surface area contributed by atoms with Crippen molar-refractivity contribution < 1.29 is 28.5 Å². The van der Waals surface area contributed by atoms with Crippen molar-refractivity contribution in [2.24, 2.45) is 0 Å². The van der Waals surface area contributed by atoms with Crippen molar-refractivity contribution in [2.75, 3.05) is 13.7 Å². The van der Waals surface area contributed by atoms with Crippen molar-refractivity contribution in [3.05, 3.63) is 95.6 Å². The van der Waals surface area contributed by atoms with E-state index in [-0.39, 0.29) is 13.2 Å². The topological polar surface area (TPSA) is 95.1 Å². The van der Waals surface area contributed by atoms with Gasteiger partial charge in [0.05, 0.1) is 13.7 Å². The molecule has 0 atom stereocenters. The molecule has 0 unspecified atom stereocenters. The van der Waals surface area contributed by atoms with Crippen LogP contribution in [0, 0.1) is 0 Å². The summed E-state index contributed by atoms with van der Waals surface area (Å²) < 4.78 is 22.1. The molecule has 0 radical (unpaired) electrons. The zero-order chi connectivity index (χ0) is 26.3. The number of benzene rings is 3. The van der Waals surface area contributed by atoms with Crippen molar-refractivity contribution in [1.82, 2.24) is 10.6 Å². The summed E-state index contributed by atoms with van der Waals surface area (Å²) >= 11 is 0. The quantitative estimate of drug-likeness (QED) is 0.214. The predicted molar refractivity (Wildman–Crippen MR) is 140 cm³/mol. The van der Waals surface area contributed by atoms with E-state index in [1.165, 1.54) is 0 Å². The highest BCUT2D eigenvalue weighted by molar-refractivity contribution is 5.71. The number of ether oxygens (including phenoxy) is 4. The van der Waals surface area contributed by atoms with Crippen molar-refractivity contribution >= 4 is 12.2 Å². The first-order chi connectivity index (χ1) is 18.1. The van der Waals surface area contributed by atoms with Crippen molar-refractivity contribution in [3.8, 4) is 11.5 Å². The average Bonchev–Trinajstić information content (AvgIpc) is 2.94. The van der Waals surface area contributed by atoms with Gasteiger partial charge >= 0.3 is 12.2 Å². The van der Waals surface area contributed by atoms with Gasteiger partial charge in [0.25, 0.3) is 0 Å². The highest BCUT2D eigenvalue weighted by atomic mass is 16.6. The molecule has 0 bridgehead atoms. The van der Waals surface area contributed by atoms with Gasteiger partial charge in [-0.15, -0.1) is 0 Å². The standard InChI is InChI=1S/C29H34N2O6/c1-3-4-11-18-35-26-19-24(16-17-25(26)34-2)27(30-28(32)36-20-22-12-7-5-8-13-22)31-29(33)37-21-23-14-9-6-10-15-23/h5-10,12-17,19,27H,3-4,11,18,20-21H2,1-2H3,(H,30,32)(H,31,33). The minimum atomic E-state index is -0.935. The van der Waals surface area contributed by atoms with E-state index < -0.39 is 18.4 Å². The molecule has 0 aliphatic rings. The Hall–Kier alpha value is -4.20. The van der Waals surface area contributed by atoms with Crippen LogP contribution in [0.25, 0.3) is 0 Å². The van der Waals surface area contributed by atoms with Crippen molar-refractivity contribution in [3.63, 3.8) is 0 Å². The van der Waals surface area contributed by atoms with Crippen LogP contribution in [0.4, 0.5) is 9.59 Å². The summed E-state index contributed by atoms with van der Waals surface area (Å²) in [6.07, 6.45) is 0.704. The number of amides is 2. The third-order valence-corrected chi connectivity index (χ3v) is 5.48. The van der Waals surface area contributed by atoms with E-state index in [0.29, 0.717) is 23.7 Å². The fraction of sp³-hybridized carbons (Fsp3) is 0.310. The minimum absolute atomic E-state index is 0.0895. The third kappa shape index (κ3) is 9.40. The Balaban J connectivity index is 1.72. The van der Waals surface area contributed by atoms with Gasteiger partial charge in [-0.1, -0.05) is 86.5 Å². The summed E-state index contributed by atoms with van der Waals surface area (Å²) in [5.74, 6) is 1.07. The number of nitrogens with one attached hydrogen (secondary N) is 2. The van der Waals surface area contributed by atoms with E-state index in [1.807, 2.05) is 60.7 Å². The lowest BCUT2D eigenvalue weighted by Crippen LogP contribution is -2.41. The summed E-state index contributed by atoms with van der Waals surface area (Å²) in [6.45, 7) is 2.83. The predicted octanol–water partition coefficient (Wildman–Crippen LogP) is 6.12. The van der Waals surface area contributed by atoms with E-state index in [4.69, 9.17) is 18.9 Å². The van der Waals surface area contributed by atoms with Gasteiger partial charge in [0, 0.05) is 0 Å². The first-order valence-corrected chi connectivity index (χ1v) is 12.3. The van der Waals surface area contributed by atoms with Crippen molar-refractivity contribution in [1.29, 1.82) is 0 Å². The molecule has 196 valence electrons. The number of carbonyl (C=O) groups excluding carboxylic acids is 2. The molecule has 2 amide bonds. The summed E-state index contributed by atoms with van der Waals surface area (Å²) in [5.41, 5.74) is 2.26. The van der Waals surface area contributed by atoms with Gasteiger partial charge in [-0.05, 0) is 35.2 Å². The molecule has 3 rings (SSSR count). The molecule has 0 aliphatic carbocycles. The van der Waals surface area contributed by atoms with Crippen LogP contribution in [-0.4, -0.2) is 25.9 Å². The maximum atomic E-state index is 12.6. The molecule has 3 aromatic rings. The van der Waals surface area contributed by atoms with Gasteiger partial charge in [0.15, 0.2) is 11.5 Å². The number of methoxy groups -OCH3 is 1. The fourth-order valence-corrected chi connectivity index (χ4v) is 3.49. The van der Waals surface area contributed by atoms with Gasteiger partial charge in [-0.2, -0.15) is 0 Å². The number of alkyl carbamates (subject to hydrolysis) is 2. The SMILES string of the molecule is CCCCCOc1cc(C(NC(=O)OCc2ccccc2)NC(=O)OCc2ccccc2)ccc1OC. The number of carbonyl (C=O) groups is 2. The molecule has 37 heavy (non-hydrogen) atoms. The molecule has 2 N–H and O–H groups in total. The van der Waals surface area contributed by atoms with Crippen molar-refractivity contribution in [2.45, 2.75) is 45.6 Å². The number of hydrogen-bond acceptors (Lipinski definition) is 6. The summed E-state index contributed by atoms with van der Waals surface area (Å²) in [5, 5.41) is 5.41. The molecule has 8 nitrogen and oxygen atoms in total. The number of rotatable bonds is 13. The van der Waals surface area contributed by atoms with Crippen LogP contribution >= 0.6 is 0 Å². The highest BCUT2D eigenvalue weighted by Gasteiger charge is 2.21. The van der Waals surface area contributed by atoms with Crippen LogP contribution in [-0.2, 0) is 22.7 Å². The Bertz CT molecular complexity index is 1050. The summed E-state index contributed by atoms with van der Waals surface area (Å²) in [7, 11) is 1.56. The fourth-order valence-electron chi connectivity index (χ4n) is 3.49. The first kappa shape index (κ1) is 27.4. The van der Waals surface area contributed by atoms with Gasteiger partial charge in [-0.25, -0.2) is 9.59 Å². The lowest BCUT2D eigenvalue weighted by atomic mass is 10.1. The Kier molecular flexibility index (Phi) is 11.1. The molecule has 0 saturated heterocycles. The third-order valence-electron chi connectivity index (χ3n) is 5.48. The Labute approximate surface area is 217 Å². The zero-order valence-electron chi connectivity index (χ0n) is 21.3. The van der Waals surface area contributed by atoms with Gasteiger partial charge in [0.1, 0.15) is 19.4 Å². The van der Waals surface area contributed by atoms with Gasteiger partial charge in [0.2, 0.25) is 0 Å². The lowest BCUT2D eigenvalue weighted by molar-refractivity contribution is 0.122. The maximum absolute atomic E-state index is 12.6. The number of unbranched alkanes of at least 4 members (excludes halogenated alkanes) is 2. The van der Waals surface area contributed by atoms with Crippen LogP contribution in [0.15, 0.2) is 78.9 Å². The molecule has 8 heteroatoms. The van der Waals surface area contributed by atoms with E-state index in [1.54, 1.807) is 25.3 Å². The van der Waals surface area contributed by atoms with Crippen LogP contribution in [0.1, 0.15) is 49.0 Å². The van der Waals surface area contributed by atoms with Crippen LogP contribution in [0.5, 0.6) is 11.5 Å². The molecular formula is C29H34N2O6. The second-order valence-electron chi connectivity index (χ2n) is 8.31. The molecular weight excluding hydrogens is 472 g/mol. The molecule has 0 aromatic heterocycles. The molecule has 0 heterocycles. The average molecular weight is 507 g/mol. The Morgan fingerprint density at radius 2 is 1.32 bits per heavy atom. The van der Waals surface area contributed by atoms with Crippen LogP contribution < -0.4 is 20.1 Å². The second kappa shape index (κ2) is 15.0. The normalized spacial score (nSPS) is 10.5. The summed E-state index contributed by atoms with van der Waals surface area (Å²) in [6, 6.07) is 23.8. The minimum Gasteiger partial charge on any atom is -0.493 e. The highest BCUT2D eigenvalue weighted by Crippen LogP contribution is 2.30. The van der Waals surface area contributed by atoms with Gasteiger partial charge < -0.3 is 18.9 Å². The Morgan fingerprint density at radius 3 is 1.84 bits per heavy atom. The molecule has 0 aliphatic heterocycles. The zero-order valence-corrected chi connectivity index (χ0v) is 21.3. The Morgan fingerprint density at radius 1 is 0.757 bits per heavy atom. The molecule has 0 saturated carbocycles. The maximum Gasteiger partial charge on any atom is 0.409 e. The monoisotopic (exact) mass is 506 g/mol. The summed E-state index contributed by atoms with van der Waals surface area (Å²) in [4.78, 5) is 25.3. The van der Waals surface area contributed by atoms with E-state index in [2.05, 4.69) is 17.6 Å². The first-order valence-electron chi connectivity index (χ1n) is 12.3. The van der Waals surface area contributed by atoms with E-state index in [0.717, 1.165) is 30.4 Å². The second-order valence-corrected chi connectivity index (χ2v) is 8.31. The smallest absolute Gasteiger partial charge is 0.409 e. The molecule has 0 fully saturated rings. The molecule has 3 aromatic carbocycles. The lowest BCUT2D eigenvalue weighted by Gasteiger charge is -2.22. The van der Waals surface area contributed by atoms with Gasteiger partial charge in [-0.3, -0.25) is 10.6 Å². The largest absolute Gasteiger partial charge is 0.493 e. The van der Waals surface area contributed by atoms with E-state index in [9.17, 15) is 9.59 Å². The van der Waals surface area contributed by atoms with Crippen LogP contribution in [0.2, 0.25) is 0 Å².